The number of amides is 1. The second-order valence-corrected chi connectivity index (χ2v) is 6.84. The zero-order valence-electron chi connectivity index (χ0n) is 16.7. The molecule has 10 heteroatoms. The number of nitrogens with zero attached hydrogens (tertiary/aromatic N) is 1. The van der Waals surface area contributed by atoms with Gasteiger partial charge in [0.15, 0.2) is 0 Å². The fraction of sp³-hybridized carbons (Fsp3) is 0.182. The lowest BCUT2D eigenvalue weighted by Crippen LogP contribution is -2.12. The summed E-state index contributed by atoms with van der Waals surface area (Å²) in [4.78, 5) is 18.4. The maximum Gasteiger partial charge on any atom is 0.432 e. The first kappa shape index (κ1) is 23.2. The largest absolute Gasteiger partial charge is 0.489 e. The van der Waals surface area contributed by atoms with Crippen LogP contribution in [0.5, 0.6) is 5.75 Å². The molecule has 0 saturated heterocycles. The highest BCUT2D eigenvalue weighted by Gasteiger charge is 2.33. The minimum absolute atomic E-state index is 0.0106. The van der Waals surface area contributed by atoms with Gasteiger partial charge in [-0.25, -0.2) is 4.98 Å². The summed E-state index contributed by atoms with van der Waals surface area (Å²) < 4.78 is 49.1. The molecule has 0 aliphatic heterocycles. The standard InChI is InChI=1S/C22H17ClF3N3O3/c1-31-10-11-32-18-8-5-15(21-27-13-19(29-21)22(24,25)26)12-17(18)28-20(30)9-4-14-2-6-16(23)7-3-14/h2-3,5-8,12-13H,10-11H2,1H3,(H,27,29)(H,28,30). The molecule has 6 nitrogen and oxygen atoms in total. The molecule has 1 amide bonds. The first-order valence-corrected chi connectivity index (χ1v) is 9.61. The van der Waals surface area contributed by atoms with E-state index in [1.54, 1.807) is 24.3 Å². The number of imidazole rings is 1. The van der Waals surface area contributed by atoms with Crippen LogP contribution in [0.3, 0.4) is 0 Å². The van der Waals surface area contributed by atoms with E-state index in [2.05, 4.69) is 27.1 Å². The average molecular weight is 464 g/mol. The highest BCUT2D eigenvalue weighted by Crippen LogP contribution is 2.32. The number of ether oxygens (including phenoxy) is 2. The monoisotopic (exact) mass is 463 g/mol. The molecule has 0 aliphatic carbocycles. The number of benzene rings is 2. The van der Waals surface area contributed by atoms with Crippen LogP contribution < -0.4 is 10.1 Å². The second-order valence-electron chi connectivity index (χ2n) is 6.41. The predicted molar refractivity (Wildman–Crippen MR) is 113 cm³/mol. The van der Waals surface area contributed by atoms with E-state index in [0.717, 1.165) is 0 Å². The Bertz CT molecular complexity index is 1150. The van der Waals surface area contributed by atoms with Crippen molar-refractivity contribution in [1.29, 1.82) is 0 Å². The van der Waals surface area contributed by atoms with Crippen LogP contribution in [-0.4, -0.2) is 36.2 Å². The van der Waals surface area contributed by atoms with Crippen molar-refractivity contribution in [2.75, 3.05) is 25.6 Å². The van der Waals surface area contributed by atoms with Gasteiger partial charge in [-0.2, -0.15) is 13.2 Å². The molecule has 166 valence electrons. The molecule has 0 atom stereocenters. The molecular weight excluding hydrogens is 447 g/mol. The van der Waals surface area contributed by atoms with Gasteiger partial charge in [0.1, 0.15) is 23.9 Å². The van der Waals surface area contributed by atoms with Crippen molar-refractivity contribution < 1.29 is 27.4 Å². The van der Waals surface area contributed by atoms with Gasteiger partial charge in [0, 0.05) is 29.2 Å². The highest BCUT2D eigenvalue weighted by molar-refractivity contribution is 6.30. The molecule has 0 bridgehead atoms. The molecule has 3 aromatic rings. The SMILES string of the molecule is COCCOc1ccc(-c2ncc(C(F)(F)F)[nH]2)cc1NC(=O)C#Cc1ccc(Cl)cc1. The third-order valence-corrected chi connectivity index (χ3v) is 4.34. The number of carbonyl (C=O) groups excluding carboxylic acids is 1. The summed E-state index contributed by atoms with van der Waals surface area (Å²) in [5, 5.41) is 3.14. The number of halogens is 4. The Balaban J connectivity index is 1.85. The van der Waals surface area contributed by atoms with Crippen molar-refractivity contribution in [2.45, 2.75) is 6.18 Å². The van der Waals surface area contributed by atoms with Crippen LogP contribution in [0, 0.1) is 11.8 Å². The molecule has 0 spiro atoms. The van der Waals surface area contributed by atoms with Gasteiger partial charge in [-0.15, -0.1) is 0 Å². The highest BCUT2D eigenvalue weighted by atomic mass is 35.5. The van der Waals surface area contributed by atoms with Gasteiger partial charge in [0.2, 0.25) is 0 Å². The van der Waals surface area contributed by atoms with Crippen molar-refractivity contribution in [3.05, 3.63) is 64.9 Å². The molecule has 1 heterocycles. The zero-order chi connectivity index (χ0) is 23.1. The molecule has 32 heavy (non-hydrogen) atoms. The van der Waals surface area contributed by atoms with Crippen molar-refractivity contribution in [3.8, 4) is 29.0 Å². The molecule has 0 saturated carbocycles. The van der Waals surface area contributed by atoms with Crippen LogP contribution in [0.4, 0.5) is 18.9 Å². The quantitative estimate of drug-likeness (QED) is 0.408. The van der Waals surface area contributed by atoms with Crippen LogP contribution in [-0.2, 0) is 15.7 Å². The lowest BCUT2D eigenvalue weighted by atomic mass is 10.1. The normalized spacial score (nSPS) is 10.9. The third kappa shape index (κ3) is 6.26. The first-order valence-electron chi connectivity index (χ1n) is 9.23. The van der Waals surface area contributed by atoms with Gasteiger partial charge in [0.05, 0.1) is 18.5 Å². The van der Waals surface area contributed by atoms with E-state index in [-0.39, 0.29) is 18.1 Å². The average Bonchev–Trinajstić information content (AvgIpc) is 3.25. The van der Waals surface area contributed by atoms with Crippen LogP contribution in [0.25, 0.3) is 11.4 Å². The van der Waals surface area contributed by atoms with Crippen molar-refractivity contribution in [1.82, 2.24) is 9.97 Å². The number of nitrogens with one attached hydrogen (secondary N) is 2. The second kappa shape index (κ2) is 10.2. The Labute approximate surface area is 186 Å². The third-order valence-electron chi connectivity index (χ3n) is 4.09. The maximum atomic E-state index is 12.9. The minimum atomic E-state index is -4.55. The van der Waals surface area contributed by atoms with E-state index in [1.165, 1.54) is 25.3 Å². The summed E-state index contributed by atoms with van der Waals surface area (Å²) in [6.45, 7) is 0.507. The molecule has 0 radical (unpaired) electrons. The van der Waals surface area contributed by atoms with E-state index in [1.807, 2.05) is 0 Å². The van der Waals surface area contributed by atoms with Gasteiger partial charge in [-0.3, -0.25) is 4.79 Å². The number of alkyl halides is 3. The molecule has 0 aliphatic rings. The number of hydrogen-bond donors (Lipinski definition) is 2. The van der Waals surface area contributed by atoms with E-state index in [0.29, 0.717) is 34.7 Å². The molecular formula is C22H17ClF3N3O3. The van der Waals surface area contributed by atoms with E-state index in [9.17, 15) is 18.0 Å². The topological polar surface area (TPSA) is 76.2 Å². The van der Waals surface area contributed by atoms with Crippen molar-refractivity contribution in [3.63, 3.8) is 0 Å². The fourth-order valence-corrected chi connectivity index (χ4v) is 2.69. The first-order chi connectivity index (χ1) is 15.3. The predicted octanol–water partition coefficient (Wildman–Crippen LogP) is 4.76. The molecule has 2 N–H and O–H groups in total. The number of H-pyrrole nitrogens is 1. The molecule has 1 aromatic heterocycles. The van der Waals surface area contributed by atoms with Crippen molar-refractivity contribution >= 4 is 23.2 Å². The Morgan fingerprint density at radius 3 is 2.59 bits per heavy atom. The Hall–Kier alpha value is -3.48. The van der Waals surface area contributed by atoms with Gasteiger partial charge in [0.25, 0.3) is 0 Å². The fourth-order valence-electron chi connectivity index (χ4n) is 2.56. The van der Waals surface area contributed by atoms with E-state index in [4.69, 9.17) is 21.1 Å². The summed E-state index contributed by atoms with van der Waals surface area (Å²) in [5.41, 5.74) is 0.150. The Morgan fingerprint density at radius 2 is 1.94 bits per heavy atom. The number of carbonyl (C=O) groups is 1. The number of rotatable bonds is 6. The lowest BCUT2D eigenvalue weighted by molar-refractivity contribution is -0.140. The molecule has 3 rings (SSSR count). The lowest BCUT2D eigenvalue weighted by Gasteiger charge is -2.12. The maximum absolute atomic E-state index is 12.9. The smallest absolute Gasteiger partial charge is 0.432 e. The Kier molecular flexibility index (Phi) is 7.41. The van der Waals surface area contributed by atoms with E-state index >= 15 is 0 Å². The zero-order valence-corrected chi connectivity index (χ0v) is 17.5. The summed E-state index contributed by atoms with van der Waals surface area (Å²) in [6.07, 6.45) is -3.85. The number of methoxy groups -OCH3 is 1. The van der Waals surface area contributed by atoms with Gasteiger partial charge in [-0.1, -0.05) is 17.5 Å². The minimum Gasteiger partial charge on any atom is -0.489 e. The molecule has 2 aromatic carbocycles. The summed E-state index contributed by atoms with van der Waals surface area (Å²) in [5.74, 6) is 4.81. The van der Waals surface area contributed by atoms with Gasteiger partial charge in [-0.05, 0) is 42.5 Å². The number of aromatic amines is 1. The molecule has 0 unspecified atom stereocenters. The van der Waals surface area contributed by atoms with Gasteiger partial charge < -0.3 is 19.8 Å². The number of anilines is 1. The molecule has 0 fully saturated rings. The van der Waals surface area contributed by atoms with E-state index < -0.39 is 17.8 Å². The summed E-state index contributed by atoms with van der Waals surface area (Å²) in [7, 11) is 1.51. The van der Waals surface area contributed by atoms with Gasteiger partial charge >= 0.3 is 12.1 Å². The number of aromatic nitrogens is 2. The Morgan fingerprint density at radius 1 is 1.19 bits per heavy atom. The van der Waals surface area contributed by atoms with Crippen LogP contribution in [0.1, 0.15) is 11.3 Å². The van der Waals surface area contributed by atoms with Crippen molar-refractivity contribution in [2.24, 2.45) is 0 Å². The van der Waals surface area contributed by atoms with Crippen LogP contribution in [0.2, 0.25) is 5.02 Å². The summed E-state index contributed by atoms with van der Waals surface area (Å²) in [6, 6.07) is 11.1. The number of hydrogen-bond acceptors (Lipinski definition) is 4. The summed E-state index contributed by atoms with van der Waals surface area (Å²) >= 11 is 5.82. The van der Waals surface area contributed by atoms with Crippen LogP contribution >= 0.6 is 11.6 Å². The van der Waals surface area contributed by atoms with Crippen LogP contribution in [0.15, 0.2) is 48.7 Å².